The second-order valence-corrected chi connectivity index (χ2v) is 7.61. The van der Waals surface area contributed by atoms with E-state index in [0.717, 1.165) is 12.0 Å². The predicted molar refractivity (Wildman–Crippen MR) is 100 cm³/mol. The first-order valence-electron chi connectivity index (χ1n) is 8.52. The van der Waals surface area contributed by atoms with Gasteiger partial charge in [0.15, 0.2) is 0 Å². The van der Waals surface area contributed by atoms with E-state index < -0.39 is 0 Å². The van der Waals surface area contributed by atoms with Crippen LogP contribution in [0.25, 0.3) is 16.7 Å². The Morgan fingerprint density at radius 2 is 1.87 bits per heavy atom. The fourth-order valence-electron chi connectivity index (χ4n) is 3.84. The molecule has 3 rings (SSSR count). The number of benzene rings is 2. The quantitative estimate of drug-likeness (QED) is 0.811. The molecule has 0 bridgehead atoms. The smallest absolute Gasteiger partial charge is 0.0184 e. The minimum Gasteiger partial charge on any atom is -0.326 e. The molecule has 0 heterocycles. The molecular formula is C22H27N. The SMILES string of the molecule is C=C(C)c1c(-c2ccccc2CN)ccc2c1CC(C)(C)CC2. The Hall–Kier alpha value is -1.86. The highest BCUT2D eigenvalue weighted by Crippen LogP contribution is 2.42. The predicted octanol–water partition coefficient (Wildman–Crippen LogP) is 5.36. The summed E-state index contributed by atoms with van der Waals surface area (Å²) in [6.07, 6.45) is 3.55. The Kier molecular flexibility index (Phi) is 4.16. The summed E-state index contributed by atoms with van der Waals surface area (Å²) in [7, 11) is 0. The van der Waals surface area contributed by atoms with Crippen molar-refractivity contribution in [1.82, 2.24) is 0 Å². The van der Waals surface area contributed by atoms with Gasteiger partial charge in [-0.3, -0.25) is 0 Å². The highest BCUT2D eigenvalue weighted by Gasteiger charge is 2.28. The Bertz CT molecular complexity index is 753. The van der Waals surface area contributed by atoms with Crippen LogP contribution in [-0.4, -0.2) is 0 Å². The minimum absolute atomic E-state index is 0.364. The maximum atomic E-state index is 5.97. The topological polar surface area (TPSA) is 26.0 Å². The number of aryl methyl sites for hydroxylation is 1. The number of nitrogens with two attached hydrogens (primary N) is 1. The van der Waals surface area contributed by atoms with Crippen LogP contribution in [0.2, 0.25) is 0 Å². The maximum Gasteiger partial charge on any atom is 0.0184 e. The lowest BCUT2D eigenvalue weighted by molar-refractivity contribution is 0.315. The molecule has 0 saturated carbocycles. The van der Waals surface area contributed by atoms with Gasteiger partial charge >= 0.3 is 0 Å². The summed E-state index contributed by atoms with van der Waals surface area (Å²) in [6, 6.07) is 13.1. The van der Waals surface area contributed by atoms with Crippen LogP contribution in [0.1, 0.15) is 49.4 Å². The first-order chi connectivity index (χ1) is 10.9. The molecular weight excluding hydrogens is 278 g/mol. The Balaban J connectivity index is 2.25. The molecule has 0 amide bonds. The molecule has 0 aliphatic heterocycles. The number of hydrogen-bond donors (Lipinski definition) is 1. The average Bonchev–Trinajstić information content (AvgIpc) is 2.52. The number of allylic oxidation sites excluding steroid dienone is 1. The zero-order valence-corrected chi connectivity index (χ0v) is 14.6. The van der Waals surface area contributed by atoms with Gasteiger partial charge in [0, 0.05) is 6.54 Å². The van der Waals surface area contributed by atoms with E-state index in [-0.39, 0.29) is 0 Å². The van der Waals surface area contributed by atoms with Gasteiger partial charge in [-0.1, -0.05) is 62.4 Å². The van der Waals surface area contributed by atoms with Crippen LogP contribution in [0.4, 0.5) is 0 Å². The Morgan fingerprint density at radius 3 is 2.57 bits per heavy atom. The van der Waals surface area contributed by atoms with Gasteiger partial charge in [0.2, 0.25) is 0 Å². The molecule has 1 aliphatic carbocycles. The van der Waals surface area contributed by atoms with E-state index in [1.165, 1.54) is 46.2 Å². The largest absolute Gasteiger partial charge is 0.326 e. The number of rotatable bonds is 3. The van der Waals surface area contributed by atoms with Crippen molar-refractivity contribution in [3.63, 3.8) is 0 Å². The van der Waals surface area contributed by atoms with Crippen molar-refractivity contribution < 1.29 is 0 Å². The highest BCUT2D eigenvalue weighted by molar-refractivity contribution is 5.84. The summed E-state index contributed by atoms with van der Waals surface area (Å²) < 4.78 is 0. The second kappa shape index (κ2) is 5.98. The number of fused-ring (bicyclic) bond motifs is 1. The normalized spacial score (nSPS) is 16.0. The van der Waals surface area contributed by atoms with Crippen molar-refractivity contribution in [2.45, 2.75) is 46.6 Å². The third kappa shape index (κ3) is 2.98. The third-order valence-corrected chi connectivity index (χ3v) is 5.09. The van der Waals surface area contributed by atoms with Crippen LogP contribution >= 0.6 is 0 Å². The van der Waals surface area contributed by atoms with Gasteiger partial charge in [-0.2, -0.15) is 0 Å². The molecule has 0 unspecified atom stereocenters. The zero-order chi connectivity index (χ0) is 16.6. The molecule has 0 atom stereocenters. The van der Waals surface area contributed by atoms with E-state index in [9.17, 15) is 0 Å². The Labute approximate surface area is 140 Å². The molecule has 0 fully saturated rings. The van der Waals surface area contributed by atoms with Crippen LogP contribution < -0.4 is 5.73 Å². The zero-order valence-electron chi connectivity index (χ0n) is 14.6. The van der Waals surface area contributed by atoms with Crippen LogP contribution in [0.5, 0.6) is 0 Å². The molecule has 120 valence electrons. The molecule has 0 aromatic heterocycles. The minimum atomic E-state index is 0.364. The fourth-order valence-corrected chi connectivity index (χ4v) is 3.84. The molecule has 0 saturated heterocycles. The van der Waals surface area contributed by atoms with Gasteiger partial charge in [0.05, 0.1) is 0 Å². The summed E-state index contributed by atoms with van der Waals surface area (Å²) in [5, 5.41) is 0. The Morgan fingerprint density at radius 1 is 1.13 bits per heavy atom. The molecule has 2 aromatic rings. The second-order valence-electron chi connectivity index (χ2n) is 7.61. The lowest BCUT2D eigenvalue weighted by atomic mass is 9.71. The molecule has 0 radical (unpaired) electrons. The highest BCUT2D eigenvalue weighted by atomic mass is 14.5. The van der Waals surface area contributed by atoms with Gasteiger partial charge in [-0.15, -0.1) is 0 Å². The lowest BCUT2D eigenvalue weighted by Gasteiger charge is -2.34. The first-order valence-corrected chi connectivity index (χ1v) is 8.52. The molecule has 1 heteroatoms. The summed E-state index contributed by atoms with van der Waals surface area (Å²) >= 11 is 0. The van der Waals surface area contributed by atoms with Crippen LogP contribution in [0.15, 0.2) is 43.0 Å². The molecule has 2 aromatic carbocycles. The van der Waals surface area contributed by atoms with Crippen molar-refractivity contribution in [2.24, 2.45) is 11.1 Å². The van der Waals surface area contributed by atoms with Gasteiger partial charge in [0.1, 0.15) is 0 Å². The summed E-state index contributed by atoms with van der Waals surface area (Å²) in [5.41, 5.74) is 15.6. The van der Waals surface area contributed by atoms with E-state index in [4.69, 9.17) is 5.73 Å². The van der Waals surface area contributed by atoms with Gasteiger partial charge in [0.25, 0.3) is 0 Å². The molecule has 23 heavy (non-hydrogen) atoms. The summed E-state index contributed by atoms with van der Waals surface area (Å²) in [5.74, 6) is 0. The molecule has 1 aliphatic rings. The average molecular weight is 305 g/mol. The molecule has 2 N–H and O–H groups in total. The third-order valence-electron chi connectivity index (χ3n) is 5.09. The van der Waals surface area contributed by atoms with Crippen molar-refractivity contribution in [2.75, 3.05) is 0 Å². The van der Waals surface area contributed by atoms with Gasteiger partial charge in [-0.05, 0) is 65.0 Å². The van der Waals surface area contributed by atoms with E-state index in [1.54, 1.807) is 0 Å². The number of hydrogen-bond acceptors (Lipinski definition) is 1. The standard InChI is InChI=1S/C22H27N/c1-15(2)21-19(18-8-6-5-7-17(18)14-23)10-9-16-11-12-22(3,4)13-20(16)21/h5-10H,1,11-14,23H2,2-4H3. The van der Waals surface area contributed by atoms with Crippen molar-refractivity contribution in [3.8, 4) is 11.1 Å². The van der Waals surface area contributed by atoms with Crippen molar-refractivity contribution in [1.29, 1.82) is 0 Å². The van der Waals surface area contributed by atoms with Gasteiger partial charge in [-0.25, -0.2) is 0 Å². The van der Waals surface area contributed by atoms with E-state index in [1.807, 2.05) is 0 Å². The van der Waals surface area contributed by atoms with Crippen molar-refractivity contribution >= 4 is 5.57 Å². The maximum absolute atomic E-state index is 5.97. The van der Waals surface area contributed by atoms with Crippen LogP contribution in [0.3, 0.4) is 0 Å². The van der Waals surface area contributed by atoms with E-state index >= 15 is 0 Å². The van der Waals surface area contributed by atoms with Gasteiger partial charge < -0.3 is 5.73 Å². The fraction of sp³-hybridized carbons (Fsp3) is 0.364. The monoisotopic (exact) mass is 305 g/mol. The van der Waals surface area contributed by atoms with E-state index in [0.29, 0.717) is 12.0 Å². The van der Waals surface area contributed by atoms with E-state index in [2.05, 4.69) is 63.7 Å². The van der Waals surface area contributed by atoms with Crippen LogP contribution in [-0.2, 0) is 19.4 Å². The molecule has 0 spiro atoms. The summed E-state index contributed by atoms with van der Waals surface area (Å²) in [4.78, 5) is 0. The van der Waals surface area contributed by atoms with Crippen molar-refractivity contribution in [3.05, 3.63) is 65.2 Å². The van der Waals surface area contributed by atoms with Crippen LogP contribution in [0, 0.1) is 5.41 Å². The molecule has 1 nitrogen and oxygen atoms in total. The summed E-state index contributed by atoms with van der Waals surface area (Å²) in [6.45, 7) is 11.7. The first kappa shape index (κ1) is 16.0. The lowest BCUT2D eigenvalue weighted by Crippen LogP contribution is -2.23.